The maximum Gasteiger partial charge on any atom is 0.254 e. The average Bonchev–Trinajstić information content (AvgIpc) is 2.96. The Hall–Kier alpha value is -3.84. The number of aryl methyl sites for hydroxylation is 3. The molecule has 1 aliphatic rings. The van der Waals surface area contributed by atoms with Gasteiger partial charge in [-0.2, -0.15) is 0 Å². The van der Waals surface area contributed by atoms with E-state index in [1.807, 2.05) is 26.2 Å². The lowest BCUT2D eigenvalue weighted by Crippen LogP contribution is -2.48. The molecule has 5 rings (SSSR count). The van der Waals surface area contributed by atoms with E-state index in [1.165, 1.54) is 33.9 Å². The first-order chi connectivity index (χ1) is 19.4. The minimum absolute atomic E-state index is 0.0850. The summed E-state index contributed by atoms with van der Waals surface area (Å²) in [6.45, 7) is 11.7. The number of carbonyl (C=O) groups excluding carboxylic acids is 1. The monoisotopic (exact) mass is 536 g/mol. The van der Waals surface area contributed by atoms with Crippen molar-refractivity contribution in [2.75, 3.05) is 24.5 Å². The minimum Gasteiger partial charge on any atom is -0.364 e. The Morgan fingerprint density at radius 3 is 2.48 bits per heavy atom. The zero-order valence-corrected chi connectivity index (χ0v) is 24.1. The van der Waals surface area contributed by atoms with Crippen LogP contribution in [0.3, 0.4) is 0 Å². The Morgan fingerprint density at radius 2 is 1.75 bits per heavy atom. The molecule has 7 heteroatoms. The van der Waals surface area contributed by atoms with Crippen molar-refractivity contribution in [3.8, 4) is 0 Å². The van der Waals surface area contributed by atoms with E-state index in [4.69, 9.17) is 0 Å². The highest BCUT2D eigenvalue weighted by molar-refractivity contribution is 5.96. The zero-order valence-electron chi connectivity index (χ0n) is 24.1. The van der Waals surface area contributed by atoms with Crippen LogP contribution in [0.2, 0.25) is 0 Å². The highest BCUT2D eigenvalue weighted by Gasteiger charge is 2.28. The summed E-state index contributed by atoms with van der Waals surface area (Å²) in [6, 6.07) is 18.4. The van der Waals surface area contributed by atoms with Gasteiger partial charge in [-0.25, -0.2) is 9.97 Å². The number of hydrogen-bond acceptors (Lipinski definition) is 6. The zero-order chi connectivity index (χ0) is 28.1. The molecule has 0 aliphatic carbocycles. The molecular formula is C33H40N6O. The molecule has 0 radical (unpaired) electrons. The van der Waals surface area contributed by atoms with E-state index in [9.17, 15) is 4.79 Å². The first-order valence-corrected chi connectivity index (χ1v) is 14.4. The van der Waals surface area contributed by atoms with Gasteiger partial charge in [-0.05, 0) is 87.1 Å². The number of fused-ring (bicyclic) bond motifs is 1. The van der Waals surface area contributed by atoms with E-state index in [0.29, 0.717) is 24.2 Å². The molecule has 4 aromatic rings. The number of nitrogens with one attached hydrogen (secondary N) is 1. The molecule has 7 nitrogen and oxygen atoms in total. The van der Waals surface area contributed by atoms with Crippen molar-refractivity contribution >= 4 is 22.4 Å². The van der Waals surface area contributed by atoms with Crippen LogP contribution in [0.5, 0.6) is 0 Å². The predicted octanol–water partition coefficient (Wildman–Crippen LogP) is 5.63. The summed E-state index contributed by atoms with van der Waals surface area (Å²) in [7, 11) is 0. The first kappa shape index (κ1) is 27.7. The quantitative estimate of drug-likeness (QED) is 0.299. The second-order valence-corrected chi connectivity index (χ2v) is 11.0. The van der Waals surface area contributed by atoms with Crippen molar-refractivity contribution in [2.24, 2.45) is 0 Å². The molecule has 2 aromatic heterocycles. The van der Waals surface area contributed by atoms with Crippen molar-refractivity contribution in [1.29, 1.82) is 0 Å². The second kappa shape index (κ2) is 12.6. The first-order valence-electron chi connectivity index (χ1n) is 14.4. The van der Waals surface area contributed by atoms with Crippen LogP contribution < -0.4 is 10.2 Å². The summed E-state index contributed by atoms with van der Waals surface area (Å²) >= 11 is 0. The molecule has 1 aliphatic heterocycles. The Labute approximate surface area is 237 Å². The van der Waals surface area contributed by atoms with E-state index in [1.54, 1.807) is 0 Å². The Morgan fingerprint density at radius 1 is 1.02 bits per heavy atom. The molecule has 208 valence electrons. The van der Waals surface area contributed by atoms with Crippen LogP contribution in [0.4, 0.5) is 5.69 Å². The van der Waals surface area contributed by atoms with Gasteiger partial charge in [0.25, 0.3) is 5.91 Å². The van der Waals surface area contributed by atoms with Crippen molar-refractivity contribution in [2.45, 2.75) is 65.6 Å². The summed E-state index contributed by atoms with van der Waals surface area (Å²) in [6.07, 6.45) is 8.50. The third-order valence-corrected chi connectivity index (χ3v) is 8.42. The number of nitrogens with zero attached hydrogens (tertiary/aromatic N) is 5. The van der Waals surface area contributed by atoms with Crippen LogP contribution in [-0.4, -0.2) is 57.5 Å². The highest BCUT2D eigenvalue weighted by Crippen LogP contribution is 2.30. The van der Waals surface area contributed by atoms with Gasteiger partial charge >= 0.3 is 0 Å². The van der Waals surface area contributed by atoms with Crippen LogP contribution in [-0.2, 0) is 6.54 Å². The predicted molar refractivity (Wildman–Crippen MR) is 162 cm³/mol. The van der Waals surface area contributed by atoms with Gasteiger partial charge in [0.1, 0.15) is 6.33 Å². The van der Waals surface area contributed by atoms with Gasteiger partial charge in [-0.1, -0.05) is 30.3 Å². The Kier molecular flexibility index (Phi) is 8.70. The molecule has 1 saturated heterocycles. The molecule has 0 saturated carbocycles. The van der Waals surface area contributed by atoms with E-state index in [-0.39, 0.29) is 5.91 Å². The van der Waals surface area contributed by atoms with Gasteiger partial charge in [0, 0.05) is 56.3 Å². The molecule has 1 fully saturated rings. The SMILES string of the molecule is Cc1ccncc1CN(c1ccc2ccccc2c1)C1CCN(C(C)CCNC(=O)c2c(C)ncnc2C)CC1. The maximum absolute atomic E-state index is 12.7. The number of hydrogen-bond donors (Lipinski definition) is 1. The Bertz CT molecular complexity index is 1440. The molecule has 0 spiro atoms. The van der Waals surface area contributed by atoms with E-state index < -0.39 is 0 Å². The number of carbonyl (C=O) groups is 1. The molecule has 3 heterocycles. The highest BCUT2D eigenvalue weighted by atomic mass is 16.1. The van der Waals surface area contributed by atoms with Crippen molar-refractivity contribution in [3.63, 3.8) is 0 Å². The topological polar surface area (TPSA) is 74.2 Å². The van der Waals surface area contributed by atoms with Crippen molar-refractivity contribution < 1.29 is 4.79 Å². The number of rotatable bonds is 9. The van der Waals surface area contributed by atoms with Crippen LogP contribution in [0.15, 0.2) is 67.3 Å². The molecule has 1 unspecified atom stereocenters. The van der Waals surface area contributed by atoms with Gasteiger partial charge < -0.3 is 15.1 Å². The summed E-state index contributed by atoms with van der Waals surface area (Å²) in [5.41, 5.74) is 5.85. The van der Waals surface area contributed by atoms with E-state index in [2.05, 4.69) is 92.4 Å². The molecule has 1 atom stereocenters. The summed E-state index contributed by atoms with van der Waals surface area (Å²) < 4.78 is 0. The fourth-order valence-corrected chi connectivity index (χ4v) is 5.86. The summed E-state index contributed by atoms with van der Waals surface area (Å²) in [5.74, 6) is -0.0850. The number of anilines is 1. The summed E-state index contributed by atoms with van der Waals surface area (Å²) in [5, 5.41) is 5.63. The lowest BCUT2D eigenvalue weighted by atomic mass is 9.98. The largest absolute Gasteiger partial charge is 0.364 e. The van der Waals surface area contributed by atoms with Crippen molar-refractivity contribution in [1.82, 2.24) is 25.2 Å². The molecular weight excluding hydrogens is 496 g/mol. The summed E-state index contributed by atoms with van der Waals surface area (Å²) in [4.78, 5) is 30.7. The molecule has 40 heavy (non-hydrogen) atoms. The third-order valence-electron chi connectivity index (χ3n) is 8.42. The number of benzene rings is 2. The number of piperidine rings is 1. The fourth-order valence-electron chi connectivity index (χ4n) is 5.86. The van der Waals surface area contributed by atoms with Crippen molar-refractivity contribution in [3.05, 3.63) is 95.3 Å². The van der Waals surface area contributed by atoms with Crippen LogP contribution in [0.1, 0.15) is 59.1 Å². The lowest BCUT2D eigenvalue weighted by Gasteiger charge is -2.42. The van der Waals surface area contributed by atoms with Crippen LogP contribution in [0.25, 0.3) is 10.8 Å². The van der Waals surface area contributed by atoms with E-state index in [0.717, 1.165) is 50.3 Å². The lowest BCUT2D eigenvalue weighted by molar-refractivity contribution is 0.0943. The molecule has 1 amide bonds. The second-order valence-electron chi connectivity index (χ2n) is 11.0. The Balaban J connectivity index is 1.22. The van der Waals surface area contributed by atoms with Crippen LogP contribution in [0, 0.1) is 20.8 Å². The fraction of sp³-hybridized carbons (Fsp3) is 0.394. The molecule has 2 aromatic carbocycles. The number of aromatic nitrogens is 3. The minimum atomic E-state index is -0.0850. The van der Waals surface area contributed by atoms with Gasteiger partial charge in [-0.3, -0.25) is 9.78 Å². The number of amides is 1. The molecule has 1 N–H and O–H groups in total. The third kappa shape index (κ3) is 6.31. The van der Waals surface area contributed by atoms with E-state index >= 15 is 0 Å². The number of pyridine rings is 1. The molecule has 0 bridgehead atoms. The van der Waals surface area contributed by atoms with Crippen LogP contribution >= 0.6 is 0 Å². The van der Waals surface area contributed by atoms with Gasteiger partial charge in [0.2, 0.25) is 0 Å². The van der Waals surface area contributed by atoms with Gasteiger partial charge in [-0.15, -0.1) is 0 Å². The average molecular weight is 537 g/mol. The number of likely N-dealkylation sites (tertiary alicyclic amines) is 1. The van der Waals surface area contributed by atoms with Gasteiger partial charge in [0.15, 0.2) is 0 Å². The maximum atomic E-state index is 12.7. The smallest absolute Gasteiger partial charge is 0.254 e. The van der Waals surface area contributed by atoms with Gasteiger partial charge in [0.05, 0.1) is 17.0 Å². The normalized spacial score (nSPS) is 15.2. The standard InChI is InChI=1S/C33H40N6O/c1-23-11-15-34-20-29(23)21-39(31-10-9-27-7-5-6-8-28(27)19-31)30-13-17-38(18-14-30)24(2)12-16-35-33(40)32-25(3)36-22-37-26(32)4/h5-11,15,19-20,22,24,30H,12-14,16-18,21H2,1-4H3,(H,35,40).